The third kappa shape index (κ3) is 5.51. The van der Waals surface area contributed by atoms with Crippen LogP contribution in [0, 0.1) is 5.82 Å². The molecule has 1 fully saturated rings. The van der Waals surface area contributed by atoms with Gasteiger partial charge in [-0.1, -0.05) is 29.8 Å². The minimum Gasteiger partial charge on any atom is -0.452 e. The molecule has 0 aliphatic carbocycles. The molecule has 2 aromatic rings. The second-order valence-electron chi connectivity index (χ2n) is 6.29. The van der Waals surface area contributed by atoms with E-state index in [0.717, 1.165) is 24.7 Å². The zero-order valence-corrected chi connectivity index (χ0v) is 15.9. The van der Waals surface area contributed by atoms with Crippen molar-refractivity contribution in [3.8, 4) is 0 Å². The molecule has 0 bridgehead atoms. The molecule has 8 heteroatoms. The summed E-state index contributed by atoms with van der Waals surface area (Å²) in [5, 5.41) is 2.62. The minimum absolute atomic E-state index is 0.0683. The van der Waals surface area contributed by atoms with Crippen molar-refractivity contribution in [2.45, 2.75) is 6.54 Å². The predicted octanol–water partition coefficient (Wildman–Crippen LogP) is 3.11. The molecule has 1 aliphatic heterocycles. The third-order valence-electron chi connectivity index (χ3n) is 4.27. The number of amides is 1. The Kier molecular flexibility index (Phi) is 6.97. The molecule has 1 aliphatic rings. The first-order valence-corrected chi connectivity index (χ1v) is 9.21. The van der Waals surface area contributed by atoms with Crippen LogP contribution in [-0.2, 0) is 20.8 Å². The van der Waals surface area contributed by atoms with Crippen molar-refractivity contribution in [1.29, 1.82) is 0 Å². The maximum atomic E-state index is 13.7. The van der Waals surface area contributed by atoms with Crippen LogP contribution in [0.3, 0.4) is 0 Å². The average molecular weight is 407 g/mol. The van der Waals surface area contributed by atoms with E-state index in [9.17, 15) is 14.0 Å². The molecule has 0 radical (unpaired) electrons. The van der Waals surface area contributed by atoms with E-state index in [2.05, 4.69) is 10.2 Å². The van der Waals surface area contributed by atoms with Gasteiger partial charge in [0.2, 0.25) is 0 Å². The van der Waals surface area contributed by atoms with E-state index in [0.29, 0.717) is 25.3 Å². The quantitative estimate of drug-likeness (QED) is 0.746. The number of benzene rings is 2. The average Bonchev–Trinajstić information content (AvgIpc) is 2.70. The van der Waals surface area contributed by atoms with Gasteiger partial charge >= 0.3 is 5.97 Å². The fourth-order valence-corrected chi connectivity index (χ4v) is 3.02. The van der Waals surface area contributed by atoms with Gasteiger partial charge in [-0.25, -0.2) is 9.18 Å². The summed E-state index contributed by atoms with van der Waals surface area (Å²) in [7, 11) is 0. The van der Waals surface area contributed by atoms with Crippen LogP contribution in [0.15, 0.2) is 42.5 Å². The monoisotopic (exact) mass is 406 g/mol. The summed E-state index contributed by atoms with van der Waals surface area (Å²) in [6, 6.07) is 10.9. The molecule has 6 nitrogen and oxygen atoms in total. The number of nitrogens with one attached hydrogen (secondary N) is 1. The molecule has 28 heavy (non-hydrogen) atoms. The lowest BCUT2D eigenvalue weighted by atomic mass is 10.1. The van der Waals surface area contributed by atoms with E-state index in [1.54, 1.807) is 12.1 Å². The van der Waals surface area contributed by atoms with Gasteiger partial charge in [-0.15, -0.1) is 0 Å². The Morgan fingerprint density at radius 1 is 1.18 bits per heavy atom. The molecule has 0 spiro atoms. The summed E-state index contributed by atoms with van der Waals surface area (Å²) in [5.41, 5.74) is 1.15. The second-order valence-corrected chi connectivity index (χ2v) is 6.73. The van der Waals surface area contributed by atoms with E-state index < -0.39 is 24.3 Å². The van der Waals surface area contributed by atoms with Gasteiger partial charge in [0, 0.05) is 24.7 Å². The van der Waals surface area contributed by atoms with Crippen LogP contribution < -0.4 is 5.32 Å². The van der Waals surface area contributed by atoms with Gasteiger partial charge in [0.1, 0.15) is 5.82 Å². The number of halogens is 2. The molecule has 148 valence electrons. The van der Waals surface area contributed by atoms with Gasteiger partial charge in [-0.05, 0) is 29.8 Å². The van der Waals surface area contributed by atoms with E-state index in [-0.39, 0.29) is 10.7 Å². The van der Waals surface area contributed by atoms with Crippen LogP contribution in [0.4, 0.5) is 10.1 Å². The van der Waals surface area contributed by atoms with Crippen LogP contribution in [0.1, 0.15) is 15.9 Å². The molecule has 3 rings (SSSR count). The minimum atomic E-state index is -0.653. The maximum Gasteiger partial charge on any atom is 0.338 e. The van der Waals surface area contributed by atoms with Gasteiger partial charge in [0.15, 0.2) is 6.61 Å². The normalized spacial score (nSPS) is 14.5. The number of morpholine rings is 1. The van der Waals surface area contributed by atoms with Crippen LogP contribution in [0.2, 0.25) is 5.02 Å². The van der Waals surface area contributed by atoms with Gasteiger partial charge in [-0.3, -0.25) is 9.69 Å². The van der Waals surface area contributed by atoms with Crippen molar-refractivity contribution >= 4 is 29.2 Å². The molecule has 1 amide bonds. The number of rotatable bonds is 6. The summed E-state index contributed by atoms with van der Waals surface area (Å²) in [4.78, 5) is 26.6. The van der Waals surface area contributed by atoms with Gasteiger partial charge in [-0.2, -0.15) is 0 Å². The van der Waals surface area contributed by atoms with Crippen LogP contribution in [0.25, 0.3) is 0 Å². The predicted molar refractivity (Wildman–Crippen MR) is 103 cm³/mol. The lowest BCUT2D eigenvalue weighted by molar-refractivity contribution is -0.119. The Labute approximate surface area is 167 Å². The number of ether oxygens (including phenoxy) is 2. The van der Waals surface area contributed by atoms with Gasteiger partial charge < -0.3 is 14.8 Å². The fourth-order valence-electron chi connectivity index (χ4n) is 2.85. The number of esters is 1. The standard InChI is InChI=1S/C20H20ClFN2O4/c21-15-5-6-17(22)18(11-15)23-19(25)13-28-20(26)16-4-2-1-3-14(16)12-24-7-9-27-10-8-24/h1-6,11H,7-10,12-13H2,(H,23,25). The number of hydrogen-bond acceptors (Lipinski definition) is 5. The van der Waals surface area contributed by atoms with Crippen LogP contribution in [0.5, 0.6) is 0 Å². The smallest absolute Gasteiger partial charge is 0.338 e. The number of carbonyl (C=O) groups is 2. The Balaban J connectivity index is 1.58. The van der Waals surface area contributed by atoms with Crippen LogP contribution >= 0.6 is 11.6 Å². The summed E-state index contributed by atoms with van der Waals surface area (Å²) >= 11 is 5.79. The van der Waals surface area contributed by atoms with Crippen molar-refractivity contribution in [3.05, 3.63) is 64.4 Å². The number of hydrogen-bond donors (Lipinski definition) is 1. The van der Waals surface area contributed by atoms with Gasteiger partial charge in [0.05, 0.1) is 24.5 Å². The first-order valence-electron chi connectivity index (χ1n) is 8.83. The number of anilines is 1. The highest BCUT2D eigenvalue weighted by molar-refractivity contribution is 6.30. The van der Waals surface area contributed by atoms with Gasteiger partial charge in [0.25, 0.3) is 5.91 Å². The first-order chi connectivity index (χ1) is 13.5. The molecule has 0 atom stereocenters. The van der Waals surface area contributed by atoms with Crippen molar-refractivity contribution in [2.24, 2.45) is 0 Å². The first kappa shape index (κ1) is 20.3. The zero-order valence-electron chi connectivity index (χ0n) is 15.1. The highest BCUT2D eigenvalue weighted by Gasteiger charge is 2.18. The zero-order chi connectivity index (χ0) is 19.9. The van der Waals surface area contributed by atoms with E-state index in [4.69, 9.17) is 21.1 Å². The molecule has 2 aromatic carbocycles. The molecule has 1 N–H and O–H groups in total. The SMILES string of the molecule is O=C(COC(=O)c1ccccc1CN1CCOCC1)Nc1cc(Cl)ccc1F. The summed E-state index contributed by atoms with van der Waals surface area (Å²) in [6.07, 6.45) is 0. The number of carbonyl (C=O) groups excluding carboxylic acids is 2. The summed E-state index contributed by atoms with van der Waals surface area (Å²) < 4.78 is 24.1. The summed E-state index contributed by atoms with van der Waals surface area (Å²) in [6.45, 7) is 2.96. The highest BCUT2D eigenvalue weighted by Crippen LogP contribution is 2.19. The molecule has 0 unspecified atom stereocenters. The van der Waals surface area contributed by atoms with E-state index in [1.165, 1.54) is 12.1 Å². The van der Waals surface area contributed by atoms with Crippen LogP contribution in [-0.4, -0.2) is 49.7 Å². The van der Waals surface area contributed by atoms with Crippen molar-refractivity contribution < 1.29 is 23.5 Å². The van der Waals surface area contributed by atoms with Crippen molar-refractivity contribution in [1.82, 2.24) is 4.90 Å². The molecule has 1 heterocycles. The Morgan fingerprint density at radius 2 is 1.93 bits per heavy atom. The van der Waals surface area contributed by atoms with E-state index in [1.807, 2.05) is 12.1 Å². The third-order valence-corrected chi connectivity index (χ3v) is 4.51. The lowest BCUT2D eigenvalue weighted by Crippen LogP contribution is -2.36. The molecular formula is C20H20ClFN2O4. The van der Waals surface area contributed by atoms with Crippen molar-refractivity contribution in [3.63, 3.8) is 0 Å². The van der Waals surface area contributed by atoms with Crippen molar-refractivity contribution in [2.75, 3.05) is 38.2 Å². The lowest BCUT2D eigenvalue weighted by Gasteiger charge is -2.27. The molecule has 1 saturated heterocycles. The Bertz CT molecular complexity index is 856. The highest BCUT2D eigenvalue weighted by atomic mass is 35.5. The Morgan fingerprint density at radius 3 is 2.71 bits per heavy atom. The molecule has 0 aromatic heterocycles. The molecular weight excluding hydrogens is 387 g/mol. The molecule has 0 saturated carbocycles. The maximum absolute atomic E-state index is 13.7. The topological polar surface area (TPSA) is 67.9 Å². The second kappa shape index (κ2) is 9.64. The largest absolute Gasteiger partial charge is 0.452 e. The fraction of sp³-hybridized carbons (Fsp3) is 0.300. The summed E-state index contributed by atoms with van der Waals surface area (Å²) in [5.74, 6) is -1.88. The van der Waals surface area contributed by atoms with E-state index >= 15 is 0 Å². The Hall–Kier alpha value is -2.48. The number of nitrogens with zero attached hydrogens (tertiary/aromatic N) is 1.